The second-order valence-corrected chi connectivity index (χ2v) is 3.86. The van der Waals surface area contributed by atoms with Gasteiger partial charge < -0.3 is 15.3 Å². The smallest absolute Gasteiger partial charge is 0.115 e. The Morgan fingerprint density at radius 2 is 2.07 bits per heavy atom. The van der Waals surface area contributed by atoms with Crippen LogP contribution in [0.15, 0.2) is 24.3 Å². The molecule has 1 heterocycles. The standard InChI is InChI=1S/C11H16N2O/c1-13-7-6-12-11(8-13)9-2-4-10(14)5-3-9/h2-5,11-12,14H,6-8H2,1H3. The summed E-state index contributed by atoms with van der Waals surface area (Å²) >= 11 is 0. The monoisotopic (exact) mass is 192 g/mol. The van der Waals surface area contributed by atoms with Crippen molar-refractivity contribution in [2.24, 2.45) is 0 Å². The average molecular weight is 192 g/mol. The molecule has 76 valence electrons. The Labute approximate surface area is 84.4 Å². The van der Waals surface area contributed by atoms with E-state index in [-0.39, 0.29) is 0 Å². The predicted molar refractivity (Wildman–Crippen MR) is 56.3 cm³/mol. The normalized spacial score (nSPS) is 23.6. The lowest BCUT2D eigenvalue weighted by Gasteiger charge is -2.31. The predicted octanol–water partition coefficient (Wildman–Crippen LogP) is 0.968. The molecule has 0 spiro atoms. The molecule has 1 unspecified atom stereocenters. The molecule has 1 aliphatic rings. The van der Waals surface area contributed by atoms with Crippen LogP contribution in [0, 0.1) is 0 Å². The van der Waals surface area contributed by atoms with Crippen molar-refractivity contribution in [1.82, 2.24) is 10.2 Å². The Bertz CT molecular complexity index is 297. The van der Waals surface area contributed by atoms with Gasteiger partial charge in [-0.3, -0.25) is 0 Å². The minimum absolute atomic E-state index is 0.331. The van der Waals surface area contributed by atoms with Crippen molar-refractivity contribution in [1.29, 1.82) is 0 Å². The first-order valence-electron chi connectivity index (χ1n) is 4.96. The topological polar surface area (TPSA) is 35.5 Å². The fourth-order valence-electron chi connectivity index (χ4n) is 1.83. The Balaban J connectivity index is 2.10. The molecule has 1 saturated heterocycles. The Hall–Kier alpha value is -1.06. The zero-order valence-electron chi connectivity index (χ0n) is 8.40. The molecule has 0 aliphatic carbocycles. The van der Waals surface area contributed by atoms with Crippen LogP contribution in [0.4, 0.5) is 0 Å². The van der Waals surface area contributed by atoms with E-state index < -0.39 is 0 Å². The first-order chi connectivity index (χ1) is 6.75. The van der Waals surface area contributed by atoms with Gasteiger partial charge in [-0.15, -0.1) is 0 Å². The van der Waals surface area contributed by atoms with Crippen molar-refractivity contribution in [3.63, 3.8) is 0 Å². The molecule has 0 bridgehead atoms. The SMILES string of the molecule is CN1CCNC(c2ccc(O)cc2)C1. The average Bonchev–Trinajstić information content (AvgIpc) is 2.19. The molecular formula is C11H16N2O. The number of likely N-dealkylation sites (N-methyl/N-ethyl adjacent to an activating group) is 1. The molecule has 0 saturated carbocycles. The molecule has 2 N–H and O–H groups in total. The summed E-state index contributed by atoms with van der Waals surface area (Å²) in [5, 5.41) is 12.6. The molecule has 3 nitrogen and oxygen atoms in total. The van der Waals surface area contributed by atoms with Gasteiger partial charge in [0.1, 0.15) is 5.75 Å². The summed E-state index contributed by atoms with van der Waals surface area (Å²) in [6, 6.07) is 7.84. The highest BCUT2D eigenvalue weighted by atomic mass is 16.3. The first kappa shape index (κ1) is 9.49. The molecule has 0 amide bonds. The van der Waals surface area contributed by atoms with Crippen molar-refractivity contribution in [3.8, 4) is 5.75 Å². The fourth-order valence-corrected chi connectivity index (χ4v) is 1.83. The molecule has 1 aromatic rings. The van der Waals surface area contributed by atoms with Crippen LogP contribution in [-0.4, -0.2) is 36.7 Å². The van der Waals surface area contributed by atoms with Gasteiger partial charge in [0.25, 0.3) is 0 Å². The summed E-state index contributed by atoms with van der Waals surface area (Å²) in [6.45, 7) is 3.17. The first-order valence-corrected chi connectivity index (χ1v) is 4.96. The summed E-state index contributed by atoms with van der Waals surface area (Å²) < 4.78 is 0. The number of phenols is 1. The fraction of sp³-hybridized carbons (Fsp3) is 0.455. The van der Waals surface area contributed by atoms with Gasteiger partial charge in [0.15, 0.2) is 0 Å². The summed E-state index contributed by atoms with van der Waals surface area (Å²) in [5.74, 6) is 0.331. The molecule has 1 fully saturated rings. The minimum Gasteiger partial charge on any atom is -0.508 e. The lowest BCUT2D eigenvalue weighted by atomic mass is 10.0. The number of phenolic OH excluding ortho intramolecular Hbond substituents is 1. The Kier molecular flexibility index (Phi) is 2.70. The number of nitrogens with one attached hydrogen (secondary N) is 1. The Morgan fingerprint density at radius 1 is 1.36 bits per heavy atom. The lowest BCUT2D eigenvalue weighted by molar-refractivity contribution is 0.241. The second-order valence-electron chi connectivity index (χ2n) is 3.86. The van der Waals surface area contributed by atoms with Crippen LogP contribution < -0.4 is 5.32 Å². The zero-order valence-corrected chi connectivity index (χ0v) is 8.40. The summed E-state index contributed by atoms with van der Waals surface area (Å²) in [7, 11) is 2.13. The van der Waals surface area contributed by atoms with Gasteiger partial charge in [0.05, 0.1) is 0 Å². The minimum atomic E-state index is 0.331. The van der Waals surface area contributed by atoms with Crippen LogP contribution in [0.25, 0.3) is 0 Å². The highest BCUT2D eigenvalue weighted by Gasteiger charge is 2.17. The number of aromatic hydroxyl groups is 1. The quantitative estimate of drug-likeness (QED) is 0.696. The number of benzene rings is 1. The maximum absolute atomic E-state index is 9.18. The van der Waals surface area contributed by atoms with Crippen molar-refractivity contribution in [2.45, 2.75) is 6.04 Å². The third kappa shape index (κ3) is 2.05. The van der Waals surface area contributed by atoms with E-state index in [1.54, 1.807) is 12.1 Å². The van der Waals surface area contributed by atoms with E-state index in [0.29, 0.717) is 11.8 Å². The number of hydrogen-bond acceptors (Lipinski definition) is 3. The maximum Gasteiger partial charge on any atom is 0.115 e. The van der Waals surface area contributed by atoms with Gasteiger partial charge in [-0.05, 0) is 24.7 Å². The molecule has 1 aromatic carbocycles. The maximum atomic E-state index is 9.18. The van der Waals surface area contributed by atoms with Gasteiger partial charge in [0.2, 0.25) is 0 Å². The van der Waals surface area contributed by atoms with Crippen molar-refractivity contribution in [3.05, 3.63) is 29.8 Å². The third-order valence-corrected chi connectivity index (χ3v) is 2.67. The lowest BCUT2D eigenvalue weighted by Crippen LogP contribution is -2.43. The summed E-state index contributed by atoms with van der Waals surface area (Å²) in [6.07, 6.45) is 0. The van der Waals surface area contributed by atoms with Gasteiger partial charge in [-0.2, -0.15) is 0 Å². The number of piperazine rings is 1. The van der Waals surface area contributed by atoms with Crippen LogP contribution in [0.2, 0.25) is 0 Å². The van der Waals surface area contributed by atoms with E-state index in [1.165, 1.54) is 5.56 Å². The molecule has 0 aromatic heterocycles. The molecule has 2 rings (SSSR count). The zero-order chi connectivity index (χ0) is 9.97. The summed E-state index contributed by atoms with van der Waals surface area (Å²) in [4.78, 5) is 2.31. The van der Waals surface area contributed by atoms with Crippen LogP contribution in [0.5, 0.6) is 5.75 Å². The molecule has 0 radical (unpaired) electrons. The van der Waals surface area contributed by atoms with E-state index in [2.05, 4.69) is 17.3 Å². The van der Waals surface area contributed by atoms with E-state index >= 15 is 0 Å². The molecule has 14 heavy (non-hydrogen) atoms. The third-order valence-electron chi connectivity index (χ3n) is 2.67. The van der Waals surface area contributed by atoms with Crippen LogP contribution in [0.1, 0.15) is 11.6 Å². The largest absolute Gasteiger partial charge is 0.508 e. The highest BCUT2D eigenvalue weighted by molar-refractivity contribution is 5.28. The van der Waals surface area contributed by atoms with Crippen LogP contribution in [0.3, 0.4) is 0 Å². The van der Waals surface area contributed by atoms with Gasteiger partial charge in [0, 0.05) is 25.7 Å². The number of nitrogens with zero attached hydrogens (tertiary/aromatic N) is 1. The van der Waals surface area contributed by atoms with E-state index in [1.807, 2.05) is 12.1 Å². The second kappa shape index (κ2) is 3.98. The van der Waals surface area contributed by atoms with Crippen molar-refractivity contribution in [2.75, 3.05) is 26.7 Å². The molecular weight excluding hydrogens is 176 g/mol. The molecule has 3 heteroatoms. The summed E-state index contributed by atoms with van der Waals surface area (Å²) in [5.41, 5.74) is 1.24. The highest BCUT2D eigenvalue weighted by Crippen LogP contribution is 2.18. The van der Waals surface area contributed by atoms with Crippen LogP contribution >= 0.6 is 0 Å². The van der Waals surface area contributed by atoms with Gasteiger partial charge >= 0.3 is 0 Å². The number of rotatable bonds is 1. The van der Waals surface area contributed by atoms with E-state index in [4.69, 9.17) is 0 Å². The number of hydrogen-bond donors (Lipinski definition) is 2. The van der Waals surface area contributed by atoms with Crippen molar-refractivity contribution < 1.29 is 5.11 Å². The Morgan fingerprint density at radius 3 is 2.71 bits per heavy atom. The van der Waals surface area contributed by atoms with Gasteiger partial charge in [-0.1, -0.05) is 12.1 Å². The van der Waals surface area contributed by atoms with E-state index in [9.17, 15) is 5.11 Å². The molecule has 1 atom stereocenters. The van der Waals surface area contributed by atoms with Crippen molar-refractivity contribution >= 4 is 0 Å². The molecule has 1 aliphatic heterocycles. The van der Waals surface area contributed by atoms with Crippen LogP contribution in [-0.2, 0) is 0 Å². The van der Waals surface area contributed by atoms with E-state index in [0.717, 1.165) is 19.6 Å². The van der Waals surface area contributed by atoms with Gasteiger partial charge in [-0.25, -0.2) is 0 Å².